The highest BCUT2D eigenvalue weighted by Crippen LogP contribution is 2.37. The monoisotopic (exact) mass is 438 g/mol. The minimum atomic E-state index is -4.54. The first kappa shape index (κ1) is 19.2. The second-order valence-corrected chi connectivity index (χ2v) is 7.52. The molecule has 6 nitrogen and oxygen atoms in total. The zero-order valence-electron chi connectivity index (χ0n) is 15.7. The van der Waals surface area contributed by atoms with Crippen LogP contribution in [0.15, 0.2) is 66.0 Å². The van der Waals surface area contributed by atoms with Gasteiger partial charge in [0.15, 0.2) is 17.5 Å². The number of nitrogens with zero attached hydrogens (tertiary/aromatic N) is 4. The Morgan fingerprint density at radius 1 is 0.839 bits per heavy atom. The Morgan fingerprint density at radius 3 is 2.42 bits per heavy atom. The number of anilines is 2. The Labute approximate surface area is 177 Å². The standard InChI is InChI=1S/C21H13F3N6S/c22-21(23,24)14-8-3-1-6-12(14)17-25-19(16-10-5-11-31-16)28-20(26-17)27-18-13-7-2-4-9-15(13)29-30-18/h1-11H,(H2,25,26,27,28,29,30). The minimum absolute atomic E-state index is 0.0753. The topological polar surface area (TPSA) is 79.4 Å². The van der Waals surface area contributed by atoms with Crippen molar-refractivity contribution in [2.75, 3.05) is 5.32 Å². The summed E-state index contributed by atoms with van der Waals surface area (Å²) >= 11 is 1.38. The first-order valence-corrected chi connectivity index (χ1v) is 10.0. The van der Waals surface area contributed by atoms with Crippen molar-refractivity contribution >= 4 is 34.0 Å². The fourth-order valence-corrected chi connectivity index (χ4v) is 3.82. The number of rotatable bonds is 4. The zero-order chi connectivity index (χ0) is 21.4. The second-order valence-electron chi connectivity index (χ2n) is 6.57. The van der Waals surface area contributed by atoms with Crippen LogP contribution in [0.2, 0.25) is 0 Å². The maximum absolute atomic E-state index is 13.6. The van der Waals surface area contributed by atoms with Crippen LogP contribution in [-0.2, 0) is 6.18 Å². The number of hydrogen-bond donors (Lipinski definition) is 2. The summed E-state index contributed by atoms with van der Waals surface area (Å²) < 4.78 is 40.8. The summed E-state index contributed by atoms with van der Waals surface area (Å²) in [5.74, 6) is 0.768. The molecule has 0 fully saturated rings. The Balaban J connectivity index is 1.66. The molecule has 0 unspecified atom stereocenters. The van der Waals surface area contributed by atoms with Crippen LogP contribution in [0.5, 0.6) is 0 Å². The van der Waals surface area contributed by atoms with E-state index < -0.39 is 11.7 Å². The van der Waals surface area contributed by atoms with Crippen LogP contribution in [0.4, 0.5) is 24.9 Å². The van der Waals surface area contributed by atoms with E-state index in [1.807, 2.05) is 35.7 Å². The van der Waals surface area contributed by atoms with Crippen molar-refractivity contribution in [3.8, 4) is 22.1 Å². The molecule has 0 atom stereocenters. The lowest BCUT2D eigenvalue weighted by molar-refractivity contribution is -0.137. The fraction of sp³-hybridized carbons (Fsp3) is 0.0476. The third-order valence-electron chi connectivity index (χ3n) is 4.55. The van der Waals surface area contributed by atoms with Crippen LogP contribution in [-0.4, -0.2) is 25.1 Å². The number of H-pyrrole nitrogens is 1. The van der Waals surface area contributed by atoms with Crippen LogP contribution >= 0.6 is 11.3 Å². The zero-order valence-corrected chi connectivity index (χ0v) is 16.5. The van der Waals surface area contributed by atoms with Crippen LogP contribution in [0.3, 0.4) is 0 Å². The molecule has 5 aromatic rings. The van der Waals surface area contributed by atoms with Gasteiger partial charge in [0, 0.05) is 10.9 Å². The van der Waals surface area contributed by atoms with Crippen LogP contribution in [0, 0.1) is 0 Å². The van der Waals surface area contributed by atoms with E-state index in [1.165, 1.54) is 29.5 Å². The number of alkyl halides is 3. The molecule has 3 aromatic heterocycles. The van der Waals surface area contributed by atoms with Crippen LogP contribution in [0.25, 0.3) is 33.0 Å². The summed E-state index contributed by atoms with van der Waals surface area (Å²) in [6.07, 6.45) is -4.54. The molecule has 3 heterocycles. The smallest absolute Gasteiger partial charge is 0.307 e. The van der Waals surface area contributed by atoms with Crippen LogP contribution < -0.4 is 5.32 Å². The third kappa shape index (κ3) is 3.73. The maximum Gasteiger partial charge on any atom is 0.417 e. The van der Waals surface area contributed by atoms with Gasteiger partial charge in [-0.1, -0.05) is 36.4 Å². The van der Waals surface area contributed by atoms with Crippen molar-refractivity contribution in [1.29, 1.82) is 0 Å². The molecule has 0 saturated heterocycles. The molecule has 2 N–H and O–H groups in total. The number of fused-ring (bicyclic) bond motifs is 1. The van der Waals surface area contributed by atoms with E-state index in [4.69, 9.17) is 0 Å². The van der Waals surface area contributed by atoms with E-state index in [9.17, 15) is 13.2 Å². The van der Waals surface area contributed by atoms with E-state index in [1.54, 1.807) is 6.07 Å². The van der Waals surface area contributed by atoms with Gasteiger partial charge in [0.25, 0.3) is 0 Å². The number of aromatic amines is 1. The second kappa shape index (κ2) is 7.47. The first-order valence-electron chi connectivity index (χ1n) is 9.16. The molecule has 0 aliphatic rings. The molecular formula is C21H13F3N6S. The van der Waals surface area contributed by atoms with Gasteiger partial charge in [-0.05, 0) is 29.6 Å². The lowest BCUT2D eigenvalue weighted by atomic mass is 10.1. The third-order valence-corrected chi connectivity index (χ3v) is 5.42. The largest absolute Gasteiger partial charge is 0.417 e. The van der Waals surface area contributed by atoms with Gasteiger partial charge >= 0.3 is 6.18 Å². The Hall–Kier alpha value is -3.79. The van der Waals surface area contributed by atoms with Gasteiger partial charge in [0.05, 0.1) is 16.0 Å². The van der Waals surface area contributed by atoms with Gasteiger partial charge in [-0.15, -0.1) is 11.3 Å². The number of hydrogen-bond acceptors (Lipinski definition) is 6. The van der Waals surface area contributed by atoms with Gasteiger partial charge in [-0.3, -0.25) is 5.10 Å². The highest BCUT2D eigenvalue weighted by atomic mass is 32.1. The maximum atomic E-state index is 13.6. The quantitative estimate of drug-likeness (QED) is 0.365. The number of aromatic nitrogens is 5. The molecule has 154 valence electrons. The van der Waals surface area contributed by atoms with Crippen molar-refractivity contribution in [2.24, 2.45) is 0 Å². The number of halogens is 3. The lowest BCUT2D eigenvalue weighted by Crippen LogP contribution is -2.09. The van der Waals surface area contributed by atoms with Gasteiger partial charge in [-0.25, -0.2) is 4.98 Å². The molecule has 0 spiro atoms. The average Bonchev–Trinajstić information content (AvgIpc) is 3.44. The predicted octanol–water partition coefficient (Wildman–Crippen LogP) is 5.91. The van der Waals surface area contributed by atoms with E-state index in [-0.39, 0.29) is 23.2 Å². The van der Waals surface area contributed by atoms with Gasteiger partial charge in [0.2, 0.25) is 5.95 Å². The molecule has 0 aliphatic heterocycles. The lowest BCUT2D eigenvalue weighted by Gasteiger charge is -2.13. The van der Waals surface area contributed by atoms with Crippen molar-refractivity contribution in [2.45, 2.75) is 6.18 Å². The van der Waals surface area contributed by atoms with E-state index in [2.05, 4.69) is 30.5 Å². The van der Waals surface area contributed by atoms with Gasteiger partial charge in [-0.2, -0.15) is 28.2 Å². The van der Waals surface area contributed by atoms with Crippen molar-refractivity contribution < 1.29 is 13.2 Å². The first-order chi connectivity index (χ1) is 15.0. The molecule has 0 aliphatic carbocycles. The van der Waals surface area contributed by atoms with Crippen molar-refractivity contribution in [3.05, 3.63) is 71.6 Å². The molecule has 0 amide bonds. The molecule has 10 heteroatoms. The molecule has 0 saturated carbocycles. The normalized spacial score (nSPS) is 11.7. The molecule has 31 heavy (non-hydrogen) atoms. The molecule has 0 radical (unpaired) electrons. The molecular weight excluding hydrogens is 425 g/mol. The average molecular weight is 438 g/mol. The number of para-hydroxylation sites is 1. The molecule has 2 aromatic carbocycles. The summed E-state index contributed by atoms with van der Waals surface area (Å²) in [4.78, 5) is 13.7. The highest BCUT2D eigenvalue weighted by Gasteiger charge is 2.34. The van der Waals surface area contributed by atoms with E-state index in [0.29, 0.717) is 10.7 Å². The Kier molecular flexibility index (Phi) is 4.63. The Morgan fingerprint density at radius 2 is 1.61 bits per heavy atom. The SMILES string of the molecule is FC(F)(F)c1ccccc1-c1nc(Nc2n[nH]c3ccccc23)nc(-c2cccs2)n1. The number of benzene rings is 2. The number of thiophene rings is 1. The summed E-state index contributed by atoms with van der Waals surface area (Å²) in [6, 6.07) is 16.3. The summed E-state index contributed by atoms with van der Waals surface area (Å²) in [5.41, 5.74) is -0.125. The fourth-order valence-electron chi connectivity index (χ4n) is 3.16. The molecule has 0 bridgehead atoms. The van der Waals surface area contributed by atoms with Crippen molar-refractivity contribution in [1.82, 2.24) is 25.1 Å². The summed E-state index contributed by atoms with van der Waals surface area (Å²) in [7, 11) is 0. The summed E-state index contributed by atoms with van der Waals surface area (Å²) in [5, 5.41) is 12.8. The van der Waals surface area contributed by atoms with E-state index >= 15 is 0 Å². The van der Waals surface area contributed by atoms with Crippen molar-refractivity contribution in [3.63, 3.8) is 0 Å². The van der Waals surface area contributed by atoms with Gasteiger partial charge in [0.1, 0.15) is 0 Å². The Bertz CT molecular complexity index is 1360. The highest BCUT2D eigenvalue weighted by molar-refractivity contribution is 7.13. The summed E-state index contributed by atoms with van der Waals surface area (Å²) in [6.45, 7) is 0. The molecule has 5 rings (SSSR count). The van der Waals surface area contributed by atoms with Crippen LogP contribution in [0.1, 0.15) is 5.56 Å². The van der Waals surface area contributed by atoms with E-state index in [0.717, 1.165) is 17.0 Å². The minimum Gasteiger partial charge on any atom is -0.307 e. The number of nitrogens with one attached hydrogen (secondary N) is 2. The van der Waals surface area contributed by atoms with Gasteiger partial charge < -0.3 is 5.32 Å². The predicted molar refractivity (Wildman–Crippen MR) is 113 cm³/mol.